The van der Waals surface area contributed by atoms with Gasteiger partial charge >= 0.3 is 0 Å². The molecule has 3 saturated carbocycles. The zero-order valence-electron chi connectivity index (χ0n) is 11.7. The SMILES string of the molecule is c1cn(CCCNC2CC3CC2C2CCCC32)cn1. The summed E-state index contributed by atoms with van der Waals surface area (Å²) in [4.78, 5) is 4.09. The summed E-state index contributed by atoms with van der Waals surface area (Å²) in [5, 5.41) is 3.85. The van der Waals surface area contributed by atoms with Crippen molar-refractivity contribution in [1.29, 1.82) is 0 Å². The first-order valence-corrected chi connectivity index (χ1v) is 8.11. The lowest BCUT2D eigenvalue weighted by Gasteiger charge is -2.32. The fourth-order valence-corrected chi connectivity index (χ4v) is 5.27. The van der Waals surface area contributed by atoms with Gasteiger partial charge in [0.25, 0.3) is 0 Å². The first-order chi connectivity index (χ1) is 9.42. The molecule has 3 aliphatic carbocycles. The van der Waals surface area contributed by atoms with E-state index in [1.807, 2.05) is 12.5 Å². The van der Waals surface area contributed by atoms with Gasteiger partial charge in [-0.3, -0.25) is 0 Å². The predicted octanol–water partition coefficient (Wildman–Crippen LogP) is 2.69. The van der Waals surface area contributed by atoms with E-state index in [1.165, 1.54) is 38.6 Å². The van der Waals surface area contributed by atoms with Crippen LogP contribution in [0.5, 0.6) is 0 Å². The van der Waals surface area contributed by atoms with Gasteiger partial charge in [-0.15, -0.1) is 0 Å². The van der Waals surface area contributed by atoms with Crippen molar-refractivity contribution in [3.05, 3.63) is 18.7 Å². The summed E-state index contributed by atoms with van der Waals surface area (Å²) in [6, 6.07) is 0.840. The molecule has 3 fully saturated rings. The summed E-state index contributed by atoms with van der Waals surface area (Å²) >= 11 is 0. The standard InChI is InChI=1S/C16H25N3/c1-3-13-12-9-15(14(13)4-1)16(10-12)18-5-2-7-19-8-6-17-11-19/h6,8,11-16,18H,1-5,7,9-10H2. The maximum Gasteiger partial charge on any atom is 0.0945 e. The maximum absolute atomic E-state index is 4.09. The van der Waals surface area contributed by atoms with E-state index in [1.54, 1.807) is 6.42 Å². The number of nitrogens with zero attached hydrogens (tertiary/aromatic N) is 2. The van der Waals surface area contributed by atoms with Crippen LogP contribution in [-0.4, -0.2) is 22.1 Å². The highest BCUT2D eigenvalue weighted by atomic mass is 15.0. The average molecular weight is 259 g/mol. The fraction of sp³-hybridized carbons (Fsp3) is 0.812. The van der Waals surface area contributed by atoms with Crippen LogP contribution in [0.3, 0.4) is 0 Å². The summed E-state index contributed by atoms with van der Waals surface area (Å²) in [5.41, 5.74) is 0. The second kappa shape index (κ2) is 4.93. The molecule has 0 aliphatic heterocycles. The zero-order chi connectivity index (χ0) is 12.7. The molecular weight excluding hydrogens is 234 g/mol. The van der Waals surface area contributed by atoms with Gasteiger partial charge in [0, 0.05) is 25.0 Å². The van der Waals surface area contributed by atoms with Gasteiger partial charge < -0.3 is 9.88 Å². The Morgan fingerprint density at radius 3 is 3.00 bits per heavy atom. The van der Waals surface area contributed by atoms with Crippen LogP contribution in [-0.2, 0) is 6.54 Å². The van der Waals surface area contributed by atoms with Crippen molar-refractivity contribution < 1.29 is 0 Å². The van der Waals surface area contributed by atoms with Crippen LogP contribution < -0.4 is 5.32 Å². The third-order valence-electron chi connectivity index (χ3n) is 5.99. The van der Waals surface area contributed by atoms with E-state index < -0.39 is 0 Å². The van der Waals surface area contributed by atoms with Crippen molar-refractivity contribution in [2.24, 2.45) is 23.7 Å². The Kier molecular flexibility index (Phi) is 3.10. The molecule has 3 aliphatic rings. The Morgan fingerprint density at radius 1 is 1.16 bits per heavy atom. The minimum atomic E-state index is 0.840. The normalized spacial score (nSPS) is 39.9. The van der Waals surface area contributed by atoms with Gasteiger partial charge in [0.1, 0.15) is 0 Å². The highest BCUT2D eigenvalue weighted by Crippen LogP contribution is 2.58. The molecule has 104 valence electrons. The summed E-state index contributed by atoms with van der Waals surface area (Å²) in [5.74, 6) is 4.30. The molecule has 5 unspecified atom stereocenters. The third-order valence-corrected chi connectivity index (χ3v) is 5.99. The van der Waals surface area contributed by atoms with Gasteiger partial charge in [-0.25, -0.2) is 4.98 Å². The van der Waals surface area contributed by atoms with E-state index in [4.69, 9.17) is 0 Å². The highest BCUT2D eigenvalue weighted by molar-refractivity contribution is 5.05. The average Bonchev–Trinajstić information content (AvgIpc) is 3.14. The number of hydrogen-bond donors (Lipinski definition) is 1. The molecule has 0 saturated heterocycles. The Labute approximate surface area is 115 Å². The van der Waals surface area contributed by atoms with Gasteiger partial charge in [-0.05, 0) is 62.3 Å². The monoisotopic (exact) mass is 259 g/mol. The van der Waals surface area contributed by atoms with Crippen LogP contribution >= 0.6 is 0 Å². The van der Waals surface area contributed by atoms with Crippen molar-refractivity contribution in [1.82, 2.24) is 14.9 Å². The Balaban J connectivity index is 1.24. The largest absolute Gasteiger partial charge is 0.337 e. The predicted molar refractivity (Wildman–Crippen MR) is 75.7 cm³/mol. The van der Waals surface area contributed by atoms with Crippen LogP contribution in [0.1, 0.15) is 38.5 Å². The molecule has 0 radical (unpaired) electrons. The Bertz CT molecular complexity index is 414. The van der Waals surface area contributed by atoms with Gasteiger partial charge in [0.15, 0.2) is 0 Å². The Hall–Kier alpha value is -0.830. The molecule has 19 heavy (non-hydrogen) atoms. The summed E-state index contributed by atoms with van der Waals surface area (Å²) in [6.45, 7) is 2.27. The quantitative estimate of drug-likeness (QED) is 0.824. The number of fused-ring (bicyclic) bond motifs is 5. The molecule has 1 aromatic heterocycles. The molecule has 1 heterocycles. The Morgan fingerprint density at radius 2 is 2.11 bits per heavy atom. The topological polar surface area (TPSA) is 29.9 Å². The lowest BCUT2D eigenvalue weighted by Crippen LogP contribution is -2.39. The lowest BCUT2D eigenvalue weighted by atomic mass is 9.79. The molecule has 3 nitrogen and oxygen atoms in total. The van der Waals surface area contributed by atoms with Crippen LogP contribution in [0.2, 0.25) is 0 Å². The van der Waals surface area contributed by atoms with Crippen molar-refractivity contribution in [3.8, 4) is 0 Å². The highest BCUT2D eigenvalue weighted by Gasteiger charge is 2.53. The molecule has 0 spiro atoms. The summed E-state index contributed by atoms with van der Waals surface area (Å²) in [6.07, 6.45) is 14.6. The van der Waals surface area contributed by atoms with Crippen molar-refractivity contribution >= 4 is 0 Å². The number of aromatic nitrogens is 2. The number of imidazole rings is 1. The van der Waals surface area contributed by atoms with E-state index in [0.717, 1.165) is 36.3 Å². The van der Waals surface area contributed by atoms with Gasteiger partial charge in [-0.1, -0.05) is 6.42 Å². The molecule has 3 heteroatoms. The summed E-state index contributed by atoms with van der Waals surface area (Å²) in [7, 11) is 0. The van der Waals surface area contributed by atoms with Crippen molar-refractivity contribution in [2.45, 2.75) is 51.1 Å². The van der Waals surface area contributed by atoms with Crippen LogP contribution in [0.4, 0.5) is 0 Å². The molecule has 4 rings (SSSR count). The lowest BCUT2D eigenvalue weighted by molar-refractivity contribution is 0.208. The minimum Gasteiger partial charge on any atom is -0.337 e. The molecule has 0 amide bonds. The van der Waals surface area contributed by atoms with Crippen molar-refractivity contribution in [3.63, 3.8) is 0 Å². The molecule has 0 aromatic carbocycles. The van der Waals surface area contributed by atoms with E-state index in [0.29, 0.717) is 0 Å². The molecule has 1 N–H and O–H groups in total. The molecular formula is C16H25N3. The van der Waals surface area contributed by atoms with Crippen LogP contribution in [0.25, 0.3) is 0 Å². The number of hydrogen-bond acceptors (Lipinski definition) is 2. The third kappa shape index (κ3) is 2.12. The first-order valence-electron chi connectivity index (χ1n) is 8.11. The van der Waals surface area contributed by atoms with E-state index in [-0.39, 0.29) is 0 Å². The minimum absolute atomic E-state index is 0.840. The molecule has 5 atom stereocenters. The van der Waals surface area contributed by atoms with Gasteiger partial charge in [0.2, 0.25) is 0 Å². The van der Waals surface area contributed by atoms with Gasteiger partial charge in [0.05, 0.1) is 6.33 Å². The smallest absolute Gasteiger partial charge is 0.0945 e. The summed E-state index contributed by atoms with van der Waals surface area (Å²) < 4.78 is 2.18. The van der Waals surface area contributed by atoms with Crippen molar-refractivity contribution in [2.75, 3.05) is 6.54 Å². The van der Waals surface area contributed by atoms with E-state index in [2.05, 4.69) is 21.1 Å². The molecule has 2 bridgehead atoms. The maximum atomic E-state index is 4.09. The fourth-order valence-electron chi connectivity index (χ4n) is 5.27. The second-order valence-corrected chi connectivity index (χ2v) is 6.87. The van der Waals surface area contributed by atoms with E-state index >= 15 is 0 Å². The number of nitrogens with one attached hydrogen (secondary N) is 1. The zero-order valence-corrected chi connectivity index (χ0v) is 11.7. The van der Waals surface area contributed by atoms with Crippen LogP contribution in [0, 0.1) is 23.7 Å². The van der Waals surface area contributed by atoms with E-state index in [9.17, 15) is 0 Å². The number of rotatable bonds is 5. The number of aryl methyl sites for hydroxylation is 1. The van der Waals surface area contributed by atoms with Crippen LogP contribution in [0.15, 0.2) is 18.7 Å². The van der Waals surface area contributed by atoms with Gasteiger partial charge in [-0.2, -0.15) is 0 Å². The second-order valence-electron chi connectivity index (χ2n) is 6.87. The first kappa shape index (κ1) is 12.0. The molecule has 1 aromatic rings.